The maximum atomic E-state index is 12.4. The zero-order chi connectivity index (χ0) is 20.9. The van der Waals surface area contributed by atoms with Crippen LogP contribution in [0.4, 0.5) is 14.6 Å². The van der Waals surface area contributed by atoms with Crippen LogP contribution in [0.15, 0.2) is 36.4 Å². The number of nitrogens with zero attached hydrogens (tertiary/aromatic N) is 2. The van der Waals surface area contributed by atoms with Crippen LogP contribution in [-0.4, -0.2) is 40.2 Å². The first kappa shape index (κ1) is 21.1. The number of hydrogen-bond acceptors (Lipinski definition) is 6. The van der Waals surface area contributed by atoms with Crippen molar-refractivity contribution in [3.8, 4) is 0 Å². The van der Waals surface area contributed by atoms with E-state index in [-0.39, 0.29) is 18.6 Å². The molecular formula is C21H27N3O4S. The molecule has 7 nitrogen and oxygen atoms in total. The van der Waals surface area contributed by atoms with Gasteiger partial charge in [0.25, 0.3) is 0 Å². The maximum absolute atomic E-state index is 12.4. The number of carbonyl (C=O) groups excluding carboxylic acids is 2. The molecule has 3 rings (SSSR count). The molecule has 0 aliphatic carbocycles. The summed E-state index contributed by atoms with van der Waals surface area (Å²) < 4.78 is 15.2. The van der Waals surface area contributed by atoms with Gasteiger partial charge < -0.3 is 14.4 Å². The lowest BCUT2D eigenvalue weighted by atomic mass is 9.95. The van der Waals surface area contributed by atoms with Gasteiger partial charge in [0.2, 0.25) is 0 Å². The molecule has 156 valence electrons. The first-order valence-corrected chi connectivity index (χ1v) is 10.5. The number of anilines is 1. The summed E-state index contributed by atoms with van der Waals surface area (Å²) in [6.07, 6.45) is 1.03. The van der Waals surface area contributed by atoms with Crippen molar-refractivity contribution < 1.29 is 19.1 Å². The van der Waals surface area contributed by atoms with Crippen molar-refractivity contribution in [1.82, 2.24) is 9.27 Å². The average molecular weight is 418 g/mol. The van der Waals surface area contributed by atoms with Crippen molar-refractivity contribution in [1.29, 1.82) is 0 Å². The molecule has 2 amide bonds. The van der Waals surface area contributed by atoms with Crippen LogP contribution in [0, 0.1) is 0 Å². The van der Waals surface area contributed by atoms with E-state index < -0.39 is 11.7 Å². The SMILES string of the molecule is CC(C)(C)OC(=O)Nc1cc(C2CCCN(C(=O)OCc3ccccc3)C2)ns1. The Hall–Kier alpha value is -2.61. The van der Waals surface area contributed by atoms with Gasteiger partial charge in [-0.05, 0) is 56.8 Å². The van der Waals surface area contributed by atoms with Crippen LogP contribution in [0.5, 0.6) is 0 Å². The van der Waals surface area contributed by atoms with Gasteiger partial charge in [0.15, 0.2) is 0 Å². The third kappa shape index (κ3) is 6.45. The Kier molecular flexibility index (Phi) is 6.74. The van der Waals surface area contributed by atoms with E-state index >= 15 is 0 Å². The first-order chi connectivity index (χ1) is 13.8. The number of rotatable bonds is 4. The van der Waals surface area contributed by atoms with Crippen molar-refractivity contribution in [3.05, 3.63) is 47.7 Å². The van der Waals surface area contributed by atoms with Crippen LogP contribution in [0.1, 0.15) is 50.8 Å². The summed E-state index contributed by atoms with van der Waals surface area (Å²) in [7, 11) is 0. The normalized spacial score (nSPS) is 16.9. The van der Waals surface area contributed by atoms with Gasteiger partial charge in [-0.2, -0.15) is 4.37 Å². The molecule has 1 aromatic heterocycles. The monoisotopic (exact) mass is 417 g/mol. The number of ether oxygens (including phenoxy) is 2. The molecule has 29 heavy (non-hydrogen) atoms. The fourth-order valence-electron chi connectivity index (χ4n) is 3.14. The molecule has 2 aromatic rings. The van der Waals surface area contributed by atoms with Gasteiger partial charge >= 0.3 is 12.2 Å². The molecule has 1 saturated heterocycles. The summed E-state index contributed by atoms with van der Waals surface area (Å²) in [4.78, 5) is 26.1. The number of benzene rings is 1. The fraction of sp³-hybridized carbons (Fsp3) is 0.476. The molecule has 1 unspecified atom stereocenters. The van der Waals surface area contributed by atoms with Crippen LogP contribution in [0.25, 0.3) is 0 Å². The minimum absolute atomic E-state index is 0.124. The van der Waals surface area contributed by atoms with Crippen LogP contribution in [0.3, 0.4) is 0 Å². The Morgan fingerprint density at radius 3 is 2.76 bits per heavy atom. The Labute approximate surface area is 175 Å². The van der Waals surface area contributed by atoms with Gasteiger partial charge in [0.05, 0.1) is 5.69 Å². The lowest BCUT2D eigenvalue weighted by Crippen LogP contribution is -2.39. The molecule has 1 aliphatic heterocycles. The van der Waals surface area contributed by atoms with E-state index in [1.807, 2.05) is 57.2 Å². The highest BCUT2D eigenvalue weighted by atomic mass is 32.1. The van der Waals surface area contributed by atoms with E-state index in [0.717, 1.165) is 24.1 Å². The second-order valence-electron chi connectivity index (χ2n) is 8.07. The van der Waals surface area contributed by atoms with Gasteiger partial charge in [-0.25, -0.2) is 9.59 Å². The lowest BCUT2D eigenvalue weighted by molar-refractivity contribution is 0.0636. The van der Waals surface area contributed by atoms with Gasteiger partial charge in [-0.1, -0.05) is 30.3 Å². The van der Waals surface area contributed by atoms with E-state index in [4.69, 9.17) is 9.47 Å². The summed E-state index contributed by atoms with van der Waals surface area (Å²) in [6.45, 7) is 6.95. The predicted molar refractivity (Wildman–Crippen MR) is 112 cm³/mol. The predicted octanol–water partition coefficient (Wildman–Crippen LogP) is 5.01. The largest absolute Gasteiger partial charge is 0.445 e. The number of aromatic nitrogens is 1. The highest BCUT2D eigenvalue weighted by molar-refractivity contribution is 7.10. The molecule has 0 radical (unpaired) electrons. The number of carbonyl (C=O) groups is 2. The third-order valence-corrected chi connectivity index (χ3v) is 5.17. The number of nitrogens with one attached hydrogen (secondary N) is 1. The van der Waals surface area contributed by atoms with E-state index in [0.29, 0.717) is 18.1 Å². The molecule has 1 aliphatic rings. The second-order valence-corrected chi connectivity index (χ2v) is 8.87. The summed E-state index contributed by atoms with van der Waals surface area (Å²) in [5.74, 6) is 0.124. The maximum Gasteiger partial charge on any atom is 0.412 e. The summed E-state index contributed by atoms with van der Waals surface area (Å²) in [6, 6.07) is 11.5. The molecule has 1 aromatic carbocycles. The fourth-order valence-corrected chi connectivity index (χ4v) is 3.85. The van der Waals surface area contributed by atoms with Crippen molar-refractivity contribution in [3.63, 3.8) is 0 Å². The topological polar surface area (TPSA) is 80.8 Å². The second kappa shape index (κ2) is 9.26. The van der Waals surface area contributed by atoms with E-state index in [1.165, 1.54) is 11.5 Å². The van der Waals surface area contributed by atoms with Crippen LogP contribution in [-0.2, 0) is 16.1 Å². The highest BCUT2D eigenvalue weighted by Crippen LogP contribution is 2.30. The number of hydrogen-bond donors (Lipinski definition) is 1. The average Bonchev–Trinajstić information content (AvgIpc) is 3.14. The lowest BCUT2D eigenvalue weighted by Gasteiger charge is -2.31. The zero-order valence-corrected chi connectivity index (χ0v) is 17.8. The van der Waals surface area contributed by atoms with E-state index in [1.54, 1.807) is 4.90 Å². The minimum atomic E-state index is -0.554. The molecule has 1 fully saturated rings. The van der Waals surface area contributed by atoms with Crippen molar-refractivity contribution in [2.24, 2.45) is 0 Å². The summed E-state index contributed by atoms with van der Waals surface area (Å²) >= 11 is 1.22. The van der Waals surface area contributed by atoms with Crippen molar-refractivity contribution >= 4 is 28.7 Å². The van der Waals surface area contributed by atoms with Crippen LogP contribution < -0.4 is 5.32 Å². The Bertz CT molecular complexity index is 832. The Balaban J connectivity index is 1.53. The van der Waals surface area contributed by atoms with Crippen LogP contribution >= 0.6 is 11.5 Å². The minimum Gasteiger partial charge on any atom is -0.445 e. The molecule has 1 N–H and O–H groups in total. The molecule has 0 spiro atoms. The van der Waals surface area contributed by atoms with Crippen LogP contribution in [0.2, 0.25) is 0 Å². The highest BCUT2D eigenvalue weighted by Gasteiger charge is 2.27. The molecule has 8 heteroatoms. The Morgan fingerprint density at radius 1 is 1.28 bits per heavy atom. The molecule has 2 heterocycles. The summed E-state index contributed by atoms with van der Waals surface area (Å²) in [5, 5.41) is 3.36. The molecular weight excluding hydrogens is 390 g/mol. The molecule has 0 saturated carbocycles. The van der Waals surface area contributed by atoms with Gasteiger partial charge in [-0.15, -0.1) is 0 Å². The van der Waals surface area contributed by atoms with Gasteiger partial charge in [0, 0.05) is 19.0 Å². The van der Waals surface area contributed by atoms with Crippen molar-refractivity contribution in [2.75, 3.05) is 18.4 Å². The van der Waals surface area contributed by atoms with Gasteiger partial charge in [-0.3, -0.25) is 5.32 Å². The zero-order valence-electron chi connectivity index (χ0n) is 17.0. The van der Waals surface area contributed by atoms with Gasteiger partial charge in [0.1, 0.15) is 17.2 Å². The standard InChI is InChI=1S/C21H27N3O4S/c1-21(2,3)28-19(25)22-18-12-17(23-29-18)16-10-7-11-24(13-16)20(26)27-14-15-8-5-4-6-9-15/h4-6,8-9,12,16H,7,10-11,13-14H2,1-3H3,(H,22,25). The van der Waals surface area contributed by atoms with Crippen molar-refractivity contribution in [2.45, 2.75) is 51.7 Å². The number of piperidine rings is 1. The first-order valence-electron chi connectivity index (χ1n) is 9.72. The third-order valence-electron chi connectivity index (χ3n) is 4.46. The summed E-state index contributed by atoms with van der Waals surface area (Å²) in [5.41, 5.74) is 1.29. The molecule has 1 atom stereocenters. The number of likely N-dealkylation sites (tertiary alicyclic amines) is 1. The smallest absolute Gasteiger partial charge is 0.412 e. The quantitative estimate of drug-likeness (QED) is 0.757. The van der Waals surface area contributed by atoms with E-state index in [2.05, 4.69) is 9.69 Å². The number of amides is 2. The Morgan fingerprint density at radius 2 is 2.03 bits per heavy atom. The van der Waals surface area contributed by atoms with E-state index in [9.17, 15) is 9.59 Å². The molecule has 0 bridgehead atoms.